The van der Waals surface area contributed by atoms with Crippen LogP contribution in [0.25, 0.3) is 0 Å². The Bertz CT molecular complexity index is 261. The number of carboxylic acid groups (broad SMARTS) is 1. The van der Waals surface area contributed by atoms with Crippen LogP contribution in [0.3, 0.4) is 0 Å². The van der Waals surface area contributed by atoms with E-state index in [1.165, 1.54) is 0 Å². The van der Waals surface area contributed by atoms with Gasteiger partial charge in [0.2, 0.25) is 0 Å². The molecule has 0 rings (SSSR count). The number of sulfone groups is 1. The van der Waals surface area contributed by atoms with E-state index in [0.717, 1.165) is 19.3 Å². The SMILES string of the molecule is CCCCCCS(=O)(=O)CCC(=O)[O-].[NH4+]. The van der Waals surface area contributed by atoms with Crippen LogP contribution in [0.1, 0.15) is 39.0 Å². The third kappa shape index (κ3) is 11.3. The van der Waals surface area contributed by atoms with Crippen molar-refractivity contribution >= 4 is 15.8 Å². The topological polar surface area (TPSA) is 111 Å². The fourth-order valence-electron chi connectivity index (χ4n) is 1.09. The second-order valence-corrected chi connectivity index (χ2v) is 5.64. The number of rotatable bonds is 8. The van der Waals surface area contributed by atoms with Crippen LogP contribution in [0, 0.1) is 0 Å². The largest absolute Gasteiger partial charge is 0.550 e. The zero-order valence-electron chi connectivity index (χ0n) is 9.49. The Morgan fingerprint density at radius 1 is 1.13 bits per heavy atom. The van der Waals surface area contributed by atoms with Gasteiger partial charge < -0.3 is 16.1 Å². The highest BCUT2D eigenvalue weighted by Crippen LogP contribution is 2.03. The first kappa shape index (κ1) is 16.8. The highest BCUT2D eigenvalue weighted by molar-refractivity contribution is 7.91. The van der Waals surface area contributed by atoms with Crippen molar-refractivity contribution in [3.05, 3.63) is 0 Å². The maximum absolute atomic E-state index is 11.2. The van der Waals surface area contributed by atoms with E-state index in [1.54, 1.807) is 0 Å². The molecule has 0 unspecified atom stereocenters. The van der Waals surface area contributed by atoms with Gasteiger partial charge in [0.1, 0.15) is 0 Å². The molecule has 0 heterocycles. The van der Waals surface area contributed by atoms with Gasteiger partial charge in [-0.05, 0) is 6.42 Å². The summed E-state index contributed by atoms with van der Waals surface area (Å²) in [5.74, 6) is -1.50. The van der Waals surface area contributed by atoms with Gasteiger partial charge in [0.05, 0.1) is 11.5 Å². The van der Waals surface area contributed by atoms with E-state index in [0.29, 0.717) is 6.42 Å². The molecule has 0 aliphatic carbocycles. The predicted molar refractivity (Wildman–Crippen MR) is 58.4 cm³/mol. The second-order valence-electron chi connectivity index (χ2n) is 3.33. The summed E-state index contributed by atoms with van der Waals surface area (Å²) in [7, 11) is -3.18. The third-order valence-corrected chi connectivity index (χ3v) is 3.66. The molecule has 0 radical (unpaired) electrons. The summed E-state index contributed by atoms with van der Waals surface area (Å²) < 4.78 is 22.4. The number of carboxylic acids is 1. The molecule has 0 bridgehead atoms. The third-order valence-electron chi connectivity index (χ3n) is 1.93. The molecule has 0 aliphatic heterocycles. The summed E-state index contributed by atoms with van der Waals surface area (Å²) in [5, 5.41) is 10.0. The van der Waals surface area contributed by atoms with Crippen LogP contribution in [-0.2, 0) is 14.6 Å². The Kier molecular flexibility index (Phi) is 9.71. The van der Waals surface area contributed by atoms with Gasteiger partial charge in [-0.15, -0.1) is 0 Å². The molecule has 0 aromatic rings. The lowest BCUT2D eigenvalue weighted by Gasteiger charge is -2.04. The summed E-state index contributed by atoms with van der Waals surface area (Å²) in [5.41, 5.74) is 0. The fraction of sp³-hybridized carbons (Fsp3) is 0.889. The van der Waals surface area contributed by atoms with Gasteiger partial charge in [0, 0.05) is 12.4 Å². The number of unbranched alkanes of at least 4 members (excludes halogenated alkanes) is 3. The number of carbonyl (C=O) groups is 1. The molecule has 0 fully saturated rings. The first-order chi connectivity index (χ1) is 6.48. The predicted octanol–water partition coefficient (Wildman–Crippen LogP) is 0.498. The molecule has 0 aromatic heterocycles. The van der Waals surface area contributed by atoms with Crippen LogP contribution in [0.5, 0.6) is 0 Å². The van der Waals surface area contributed by atoms with E-state index in [1.807, 2.05) is 6.92 Å². The highest BCUT2D eigenvalue weighted by Gasteiger charge is 2.09. The first-order valence-electron chi connectivity index (χ1n) is 4.88. The number of carbonyl (C=O) groups excluding carboxylic acids is 1. The number of aliphatic carboxylic acids is 1. The normalized spacial score (nSPS) is 10.7. The van der Waals surface area contributed by atoms with E-state index in [-0.39, 0.29) is 17.7 Å². The Morgan fingerprint density at radius 3 is 2.20 bits per heavy atom. The molecule has 0 saturated heterocycles. The van der Waals surface area contributed by atoms with Crippen LogP contribution in [-0.4, -0.2) is 25.9 Å². The van der Waals surface area contributed by atoms with E-state index < -0.39 is 22.2 Å². The van der Waals surface area contributed by atoms with Crippen molar-refractivity contribution in [3.8, 4) is 0 Å². The van der Waals surface area contributed by atoms with Crippen LogP contribution in [0.2, 0.25) is 0 Å². The Morgan fingerprint density at radius 2 is 1.73 bits per heavy atom. The molecule has 15 heavy (non-hydrogen) atoms. The van der Waals surface area contributed by atoms with Crippen molar-refractivity contribution in [1.82, 2.24) is 6.15 Å². The number of quaternary nitrogens is 1. The molecule has 0 atom stereocenters. The molecular formula is C9H21NO4S. The van der Waals surface area contributed by atoms with Crippen molar-refractivity contribution in [1.29, 1.82) is 0 Å². The smallest absolute Gasteiger partial charge is 0.150 e. The lowest BCUT2D eigenvalue weighted by atomic mass is 10.2. The molecule has 0 aliphatic rings. The van der Waals surface area contributed by atoms with Crippen molar-refractivity contribution in [2.75, 3.05) is 11.5 Å². The Balaban J connectivity index is 0. The molecule has 0 aromatic carbocycles. The molecule has 4 N–H and O–H groups in total. The summed E-state index contributed by atoms with van der Waals surface area (Å²) in [6.07, 6.45) is 3.20. The van der Waals surface area contributed by atoms with Gasteiger partial charge >= 0.3 is 0 Å². The quantitative estimate of drug-likeness (QED) is 0.621. The Labute approximate surface area is 91.4 Å². The van der Waals surface area contributed by atoms with Crippen LogP contribution >= 0.6 is 0 Å². The second kappa shape index (κ2) is 8.67. The van der Waals surface area contributed by atoms with Gasteiger partial charge in [-0.25, -0.2) is 8.42 Å². The van der Waals surface area contributed by atoms with Gasteiger partial charge in [-0.1, -0.05) is 26.2 Å². The first-order valence-corrected chi connectivity index (χ1v) is 6.70. The lowest BCUT2D eigenvalue weighted by Crippen LogP contribution is -2.25. The zero-order chi connectivity index (χ0) is 11.0. The Hall–Kier alpha value is -0.620. The lowest BCUT2D eigenvalue weighted by molar-refractivity contribution is -0.305. The molecule has 6 heteroatoms. The van der Waals surface area contributed by atoms with Gasteiger partial charge in [0.25, 0.3) is 0 Å². The minimum absolute atomic E-state index is 0. The maximum Gasteiger partial charge on any atom is 0.150 e. The minimum Gasteiger partial charge on any atom is -0.550 e. The van der Waals surface area contributed by atoms with Crippen molar-refractivity contribution in [3.63, 3.8) is 0 Å². The summed E-state index contributed by atoms with van der Waals surface area (Å²) in [6.45, 7) is 2.05. The summed E-state index contributed by atoms with van der Waals surface area (Å²) in [4.78, 5) is 10.0. The molecule has 0 saturated carbocycles. The maximum atomic E-state index is 11.2. The van der Waals surface area contributed by atoms with E-state index in [2.05, 4.69) is 0 Å². The van der Waals surface area contributed by atoms with Crippen LogP contribution in [0.4, 0.5) is 0 Å². The van der Waals surface area contributed by atoms with Gasteiger partial charge in [0.15, 0.2) is 9.84 Å². The van der Waals surface area contributed by atoms with Gasteiger partial charge in [-0.3, -0.25) is 0 Å². The summed E-state index contributed by atoms with van der Waals surface area (Å²) in [6, 6.07) is 0. The van der Waals surface area contributed by atoms with Gasteiger partial charge in [-0.2, -0.15) is 0 Å². The summed E-state index contributed by atoms with van der Waals surface area (Å²) >= 11 is 0. The van der Waals surface area contributed by atoms with E-state index >= 15 is 0 Å². The molecule has 0 amide bonds. The van der Waals surface area contributed by atoms with Crippen LogP contribution in [0.15, 0.2) is 0 Å². The minimum atomic E-state index is -3.18. The van der Waals surface area contributed by atoms with Crippen molar-refractivity contribution in [2.45, 2.75) is 39.0 Å². The standard InChI is InChI=1S/C9H18O4S.H3N/c1-2-3-4-5-7-14(12,13)8-6-9(10)11;/h2-8H2,1H3,(H,10,11);1H3. The highest BCUT2D eigenvalue weighted by atomic mass is 32.2. The van der Waals surface area contributed by atoms with Crippen LogP contribution < -0.4 is 11.3 Å². The number of hydrogen-bond donors (Lipinski definition) is 1. The monoisotopic (exact) mass is 239 g/mol. The van der Waals surface area contributed by atoms with E-state index in [9.17, 15) is 18.3 Å². The van der Waals surface area contributed by atoms with Crippen molar-refractivity contribution in [2.24, 2.45) is 0 Å². The fourth-order valence-corrected chi connectivity index (χ4v) is 2.42. The molecular weight excluding hydrogens is 218 g/mol. The molecule has 5 nitrogen and oxygen atoms in total. The number of hydrogen-bond acceptors (Lipinski definition) is 4. The van der Waals surface area contributed by atoms with Crippen molar-refractivity contribution < 1.29 is 18.3 Å². The average molecular weight is 239 g/mol. The molecule has 0 spiro atoms. The van der Waals surface area contributed by atoms with E-state index in [4.69, 9.17) is 0 Å². The molecule has 92 valence electrons. The average Bonchev–Trinajstić information content (AvgIpc) is 2.10. The zero-order valence-corrected chi connectivity index (χ0v) is 10.3.